The molecule has 4 rings (SSSR count). The van der Waals surface area contributed by atoms with Crippen LogP contribution in [0.2, 0.25) is 0 Å². The highest BCUT2D eigenvalue weighted by atomic mass is 32.2. The lowest BCUT2D eigenvalue weighted by Crippen LogP contribution is -2.30. The average Bonchev–Trinajstić information content (AvgIpc) is 3.46. The maximum Gasteiger partial charge on any atom is 0.251 e. The molecule has 0 bridgehead atoms. The Morgan fingerprint density at radius 1 is 1.00 bits per heavy atom. The molecular formula is C25H31N3O2S. The summed E-state index contributed by atoms with van der Waals surface area (Å²) in [5.74, 6) is 0.674. The van der Waals surface area contributed by atoms with Crippen LogP contribution in [-0.4, -0.2) is 60.1 Å². The number of thioether (sulfide) groups is 1. The molecule has 6 heteroatoms. The molecule has 0 aromatic heterocycles. The van der Waals surface area contributed by atoms with Gasteiger partial charge in [-0.3, -0.25) is 9.59 Å². The predicted molar refractivity (Wildman–Crippen MR) is 126 cm³/mol. The van der Waals surface area contributed by atoms with Gasteiger partial charge in [-0.05, 0) is 68.6 Å². The molecule has 31 heavy (non-hydrogen) atoms. The molecule has 2 aliphatic heterocycles. The standard InChI is InChI=1S/C25H31N3O2S/c29-23-19-31-25(28(23)18-13-20-7-2-1-3-8-20)22-11-9-21(10-12-22)24(30)26-14-6-17-27-15-4-5-16-27/h1-3,7-12,25H,4-6,13-19H2,(H,26,30)/t25-/m1/s1. The second-order valence-corrected chi connectivity index (χ2v) is 9.33. The molecule has 2 aromatic carbocycles. The van der Waals surface area contributed by atoms with Gasteiger partial charge in [0.15, 0.2) is 0 Å². The molecule has 0 spiro atoms. The van der Waals surface area contributed by atoms with Gasteiger partial charge < -0.3 is 15.1 Å². The molecule has 2 aliphatic rings. The van der Waals surface area contributed by atoms with Gasteiger partial charge in [-0.2, -0.15) is 0 Å². The van der Waals surface area contributed by atoms with Crippen LogP contribution in [0, 0.1) is 0 Å². The molecule has 1 atom stereocenters. The van der Waals surface area contributed by atoms with E-state index in [1.807, 2.05) is 47.4 Å². The molecule has 1 N–H and O–H groups in total. The van der Waals surface area contributed by atoms with Gasteiger partial charge in [0.25, 0.3) is 5.91 Å². The van der Waals surface area contributed by atoms with Gasteiger partial charge in [0.2, 0.25) is 5.91 Å². The Morgan fingerprint density at radius 3 is 2.48 bits per heavy atom. The van der Waals surface area contributed by atoms with Crippen molar-refractivity contribution in [3.63, 3.8) is 0 Å². The number of nitrogens with one attached hydrogen (secondary N) is 1. The lowest BCUT2D eigenvalue weighted by molar-refractivity contribution is -0.128. The Hall–Kier alpha value is -2.31. The number of carbonyl (C=O) groups is 2. The normalized spacial score (nSPS) is 19.2. The largest absolute Gasteiger partial charge is 0.352 e. The van der Waals surface area contributed by atoms with Gasteiger partial charge in [-0.1, -0.05) is 42.5 Å². The number of hydrogen-bond acceptors (Lipinski definition) is 4. The van der Waals surface area contributed by atoms with Gasteiger partial charge in [-0.25, -0.2) is 0 Å². The number of benzene rings is 2. The molecular weight excluding hydrogens is 406 g/mol. The van der Waals surface area contributed by atoms with Crippen molar-refractivity contribution in [2.45, 2.75) is 31.1 Å². The fraction of sp³-hybridized carbons (Fsp3) is 0.440. The van der Waals surface area contributed by atoms with Crippen LogP contribution >= 0.6 is 11.8 Å². The van der Waals surface area contributed by atoms with Crippen LogP contribution in [0.15, 0.2) is 54.6 Å². The van der Waals surface area contributed by atoms with E-state index in [0.29, 0.717) is 24.4 Å². The summed E-state index contributed by atoms with van der Waals surface area (Å²) in [6.07, 6.45) is 4.43. The molecule has 0 unspecified atom stereocenters. The Kier molecular flexibility index (Phi) is 7.65. The highest BCUT2D eigenvalue weighted by Gasteiger charge is 2.32. The first-order valence-corrected chi connectivity index (χ1v) is 12.3. The fourth-order valence-corrected chi connectivity index (χ4v) is 5.50. The molecule has 2 saturated heterocycles. The first-order valence-electron chi connectivity index (χ1n) is 11.3. The molecule has 0 saturated carbocycles. The minimum Gasteiger partial charge on any atom is -0.352 e. The summed E-state index contributed by atoms with van der Waals surface area (Å²) in [4.78, 5) is 29.3. The predicted octanol–water partition coefficient (Wildman–Crippen LogP) is 3.72. The first-order chi connectivity index (χ1) is 15.2. The SMILES string of the molecule is O=C(NCCCN1CCCC1)c1ccc([C@H]2SCC(=O)N2CCc2ccccc2)cc1. The van der Waals surface area contributed by atoms with Crippen molar-refractivity contribution >= 4 is 23.6 Å². The Bertz CT molecular complexity index is 866. The van der Waals surface area contributed by atoms with Crippen LogP contribution < -0.4 is 5.32 Å². The van der Waals surface area contributed by atoms with Crippen LogP contribution in [0.4, 0.5) is 0 Å². The van der Waals surface area contributed by atoms with Gasteiger partial charge in [0.05, 0.1) is 5.75 Å². The van der Waals surface area contributed by atoms with E-state index >= 15 is 0 Å². The smallest absolute Gasteiger partial charge is 0.251 e. The third-order valence-corrected chi connectivity index (χ3v) is 7.30. The van der Waals surface area contributed by atoms with Crippen LogP contribution in [-0.2, 0) is 11.2 Å². The molecule has 164 valence electrons. The maximum absolute atomic E-state index is 12.5. The third-order valence-electron chi connectivity index (χ3n) is 6.05. The van der Waals surface area contributed by atoms with E-state index in [9.17, 15) is 9.59 Å². The van der Waals surface area contributed by atoms with E-state index in [0.717, 1.165) is 24.9 Å². The van der Waals surface area contributed by atoms with Crippen molar-refractivity contribution in [2.24, 2.45) is 0 Å². The van der Waals surface area contributed by atoms with E-state index < -0.39 is 0 Å². The zero-order chi connectivity index (χ0) is 21.5. The van der Waals surface area contributed by atoms with E-state index in [1.54, 1.807) is 11.8 Å². The summed E-state index contributed by atoms with van der Waals surface area (Å²) in [6.45, 7) is 4.86. The molecule has 2 fully saturated rings. The van der Waals surface area contributed by atoms with E-state index in [2.05, 4.69) is 22.3 Å². The van der Waals surface area contributed by atoms with Crippen LogP contribution in [0.3, 0.4) is 0 Å². The summed E-state index contributed by atoms with van der Waals surface area (Å²) in [5.41, 5.74) is 2.99. The van der Waals surface area contributed by atoms with Gasteiger partial charge in [0.1, 0.15) is 5.37 Å². The van der Waals surface area contributed by atoms with Crippen LogP contribution in [0.25, 0.3) is 0 Å². The van der Waals surface area contributed by atoms with Crippen molar-refractivity contribution in [3.8, 4) is 0 Å². The van der Waals surface area contributed by atoms with Crippen molar-refractivity contribution in [1.29, 1.82) is 0 Å². The second-order valence-electron chi connectivity index (χ2n) is 8.27. The minimum absolute atomic E-state index is 0.0220. The second kappa shape index (κ2) is 10.8. The highest BCUT2D eigenvalue weighted by molar-refractivity contribution is 8.00. The average molecular weight is 438 g/mol. The van der Waals surface area contributed by atoms with E-state index in [1.165, 1.54) is 31.5 Å². The van der Waals surface area contributed by atoms with Crippen molar-refractivity contribution < 1.29 is 9.59 Å². The number of likely N-dealkylation sites (tertiary alicyclic amines) is 1. The van der Waals surface area contributed by atoms with Crippen LogP contribution in [0.1, 0.15) is 46.1 Å². The lowest BCUT2D eigenvalue weighted by Gasteiger charge is -2.24. The maximum atomic E-state index is 12.5. The summed E-state index contributed by atoms with van der Waals surface area (Å²) in [5, 5.41) is 3.05. The summed E-state index contributed by atoms with van der Waals surface area (Å²) < 4.78 is 0. The summed E-state index contributed by atoms with van der Waals surface area (Å²) >= 11 is 1.66. The molecule has 2 amide bonds. The molecule has 5 nitrogen and oxygen atoms in total. The molecule has 0 radical (unpaired) electrons. The minimum atomic E-state index is -0.0240. The summed E-state index contributed by atoms with van der Waals surface area (Å²) in [7, 11) is 0. The number of hydrogen-bond donors (Lipinski definition) is 1. The Labute approximate surface area is 189 Å². The van der Waals surface area contributed by atoms with Gasteiger partial charge in [-0.15, -0.1) is 11.8 Å². The van der Waals surface area contributed by atoms with E-state index in [-0.39, 0.29) is 17.2 Å². The zero-order valence-electron chi connectivity index (χ0n) is 18.0. The van der Waals surface area contributed by atoms with Gasteiger partial charge >= 0.3 is 0 Å². The monoisotopic (exact) mass is 437 g/mol. The number of rotatable bonds is 9. The summed E-state index contributed by atoms with van der Waals surface area (Å²) in [6, 6.07) is 18.0. The van der Waals surface area contributed by atoms with Gasteiger partial charge in [0, 0.05) is 18.7 Å². The number of amides is 2. The van der Waals surface area contributed by atoms with E-state index in [4.69, 9.17) is 0 Å². The first kappa shape index (κ1) is 21.9. The lowest BCUT2D eigenvalue weighted by atomic mass is 10.1. The Balaban J connectivity index is 1.28. The topological polar surface area (TPSA) is 52.7 Å². The number of carbonyl (C=O) groups excluding carboxylic acids is 2. The third kappa shape index (κ3) is 5.89. The molecule has 0 aliphatic carbocycles. The highest BCUT2D eigenvalue weighted by Crippen LogP contribution is 2.38. The van der Waals surface area contributed by atoms with Crippen molar-refractivity contribution in [2.75, 3.05) is 38.5 Å². The molecule has 2 heterocycles. The van der Waals surface area contributed by atoms with Crippen molar-refractivity contribution in [3.05, 3.63) is 71.3 Å². The van der Waals surface area contributed by atoms with Crippen LogP contribution in [0.5, 0.6) is 0 Å². The Morgan fingerprint density at radius 2 is 1.74 bits per heavy atom. The van der Waals surface area contributed by atoms with Crippen molar-refractivity contribution in [1.82, 2.24) is 15.1 Å². The fourth-order valence-electron chi connectivity index (χ4n) is 4.28. The quantitative estimate of drug-likeness (QED) is 0.608. The number of nitrogens with zero attached hydrogens (tertiary/aromatic N) is 2. The molecule has 2 aromatic rings. The zero-order valence-corrected chi connectivity index (χ0v) is 18.8.